The number of rotatable bonds is 7. The summed E-state index contributed by atoms with van der Waals surface area (Å²) in [5, 5.41) is 9.98. The van der Waals surface area contributed by atoms with E-state index in [4.69, 9.17) is 4.74 Å². The molecule has 1 N–H and O–H groups in total. The van der Waals surface area contributed by atoms with Crippen LogP contribution in [0.25, 0.3) is 0 Å². The van der Waals surface area contributed by atoms with Crippen LogP contribution >= 0.6 is 0 Å². The van der Waals surface area contributed by atoms with Gasteiger partial charge in [0.25, 0.3) is 0 Å². The lowest BCUT2D eigenvalue weighted by atomic mass is 10.1. The third-order valence-electron chi connectivity index (χ3n) is 5.27. The van der Waals surface area contributed by atoms with Crippen LogP contribution in [-0.4, -0.2) is 74.4 Å². The number of para-hydroxylation sites is 1. The van der Waals surface area contributed by atoms with Crippen molar-refractivity contribution in [2.45, 2.75) is 24.4 Å². The molecule has 0 saturated heterocycles. The van der Waals surface area contributed by atoms with Gasteiger partial charge >= 0.3 is 5.97 Å². The van der Waals surface area contributed by atoms with Gasteiger partial charge in [-0.05, 0) is 56.9 Å². The highest BCUT2D eigenvalue weighted by Crippen LogP contribution is 2.31. The first-order valence-electron chi connectivity index (χ1n) is 10.5. The van der Waals surface area contributed by atoms with Crippen molar-refractivity contribution in [1.82, 2.24) is 9.21 Å². The molecule has 1 heterocycles. The van der Waals surface area contributed by atoms with Gasteiger partial charge in [0.2, 0.25) is 15.9 Å². The van der Waals surface area contributed by atoms with E-state index in [1.54, 1.807) is 50.2 Å². The van der Waals surface area contributed by atoms with E-state index in [9.17, 15) is 23.1 Å². The summed E-state index contributed by atoms with van der Waals surface area (Å²) in [4.78, 5) is 28.2. The highest BCUT2D eigenvalue weighted by molar-refractivity contribution is 7.89. The molecule has 2 aromatic carbocycles. The molecule has 0 spiro atoms. The van der Waals surface area contributed by atoms with Crippen LogP contribution in [0.2, 0.25) is 0 Å². The van der Waals surface area contributed by atoms with Crippen molar-refractivity contribution < 1.29 is 27.9 Å². The summed E-state index contributed by atoms with van der Waals surface area (Å²) < 4.78 is 33.5. The number of fused-ring (bicyclic) bond motifs is 1. The van der Waals surface area contributed by atoms with Gasteiger partial charge in [0.15, 0.2) is 0 Å². The largest absolute Gasteiger partial charge is 0.481 e. The molecule has 0 saturated carbocycles. The first-order chi connectivity index (χ1) is 16.1. The number of aliphatic carboxylic acids is 1. The summed E-state index contributed by atoms with van der Waals surface area (Å²) in [5.74, 6) is 4.24. The minimum absolute atomic E-state index is 0.0529. The lowest BCUT2D eigenvalue weighted by Crippen LogP contribution is -2.51. The number of ether oxygens (including phenoxy) is 1. The smallest absolute Gasteiger partial charge is 0.323 e. The van der Waals surface area contributed by atoms with Crippen molar-refractivity contribution in [1.29, 1.82) is 0 Å². The van der Waals surface area contributed by atoms with E-state index < -0.39 is 22.0 Å². The monoisotopic (exact) mass is 485 g/mol. The van der Waals surface area contributed by atoms with Crippen LogP contribution in [0.4, 0.5) is 5.69 Å². The molecule has 0 fully saturated rings. The Hall–Kier alpha value is -3.39. The number of carboxylic acid groups (broad SMARTS) is 1. The van der Waals surface area contributed by atoms with Gasteiger partial charge in [-0.3, -0.25) is 9.59 Å². The molecular weight excluding hydrogens is 458 g/mol. The van der Waals surface area contributed by atoms with Crippen LogP contribution in [0.1, 0.15) is 12.5 Å². The number of likely N-dealkylation sites (N-methyl/N-ethyl adjacent to an activating group) is 1. The molecule has 1 unspecified atom stereocenters. The van der Waals surface area contributed by atoms with E-state index in [0.717, 1.165) is 4.31 Å². The zero-order valence-corrected chi connectivity index (χ0v) is 20.1. The predicted molar refractivity (Wildman–Crippen MR) is 127 cm³/mol. The zero-order valence-electron chi connectivity index (χ0n) is 19.3. The van der Waals surface area contributed by atoms with E-state index in [1.165, 1.54) is 29.2 Å². The van der Waals surface area contributed by atoms with Crippen molar-refractivity contribution in [2.24, 2.45) is 0 Å². The van der Waals surface area contributed by atoms with Crippen LogP contribution in [-0.2, 0) is 26.2 Å². The van der Waals surface area contributed by atoms with E-state index in [1.807, 2.05) is 0 Å². The molecule has 0 bridgehead atoms. The number of hydrogen-bond acceptors (Lipinski definition) is 6. The molecule has 0 aromatic heterocycles. The normalized spacial score (nSPS) is 16.2. The van der Waals surface area contributed by atoms with Crippen LogP contribution in [0, 0.1) is 11.8 Å². The molecule has 1 amide bonds. The number of carbonyl (C=O) groups excluding carboxylic acids is 1. The molecule has 1 aliphatic heterocycles. The van der Waals surface area contributed by atoms with E-state index in [0.29, 0.717) is 17.0 Å². The van der Waals surface area contributed by atoms with Crippen LogP contribution in [0.5, 0.6) is 5.75 Å². The number of anilines is 1. The second-order valence-corrected chi connectivity index (χ2v) is 9.85. The molecule has 10 heteroatoms. The topological polar surface area (TPSA) is 107 Å². The quantitative estimate of drug-likeness (QED) is 0.594. The Balaban J connectivity index is 2.00. The van der Waals surface area contributed by atoms with Gasteiger partial charge in [0.1, 0.15) is 18.4 Å². The van der Waals surface area contributed by atoms with E-state index in [2.05, 4.69) is 11.8 Å². The number of amides is 1. The van der Waals surface area contributed by atoms with Crippen LogP contribution < -0.4 is 9.64 Å². The van der Waals surface area contributed by atoms with Gasteiger partial charge in [-0.1, -0.05) is 24.1 Å². The summed E-state index contributed by atoms with van der Waals surface area (Å²) >= 11 is 0. The Morgan fingerprint density at radius 1 is 1.15 bits per heavy atom. The Kier molecular flexibility index (Phi) is 7.94. The highest BCUT2D eigenvalue weighted by atomic mass is 32.2. The molecule has 2 aromatic rings. The van der Waals surface area contributed by atoms with Crippen molar-refractivity contribution in [2.75, 3.05) is 38.7 Å². The maximum Gasteiger partial charge on any atom is 0.323 e. The average molecular weight is 486 g/mol. The van der Waals surface area contributed by atoms with Gasteiger partial charge in [-0.25, -0.2) is 8.42 Å². The molecule has 1 atom stereocenters. The number of carbonyl (C=O) groups is 2. The molecule has 180 valence electrons. The van der Waals surface area contributed by atoms with Crippen molar-refractivity contribution in [3.8, 4) is 17.6 Å². The molecule has 9 nitrogen and oxygen atoms in total. The Morgan fingerprint density at radius 2 is 1.82 bits per heavy atom. The number of benzene rings is 2. The van der Waals surface area contributed by atoms with E-state index >= 15 is 0 Å². The van der Waals surface area contributed by atoms with Gasteiger partial charge < -0.3 is 19.6 Å². The van der Waals surface area contributed by atoms with Gasteiger partial charge in [-0.15, -0.1) is 5.92 Å². The maximum absolute atomic E-state index is 13.6. The van der Waals surface area contributed by atoms with Crippen LogP contribution in [0.15, 0.2) is 53.4 Å². The minimum atomic E-state index is -4.22. The first-order valence-corrected chi connectivity index (χ1v) is 12.0. The molecule has 34 heavy (non-hydrogen) atoms. The molecular formula is C24H27N3O6S. The first kappa shape index (κ1) is 25.2. The molecule has 3 rings (SSSR count). The van der Waals surface area contributed by atoms with Gasteiger partial charge in [0, 0.05) is 12.2 Å². The fraction of sp³-hybridized carbons (Fsp3) is 0.333. The third kappa shape index (κ3) is 5.56. The fourth-order valence-electron chi connectivity index (χ4n) is 3.63. The summed E-state index contributed by atoms with van der Waals surface area (Å²) in [7, 11) is -0.753. The Bertz CT molecular complexity index is 1220. The summed E-state index contributed by atoms with van der Waals surface area (Å²) in [6.07, 6.45) is 0. The van der Waals surface area contributed by atoms with Crippen molar-refractivity contribution >= 4 is 27.6 Å². The van der Waals surface area contributed by atoms with Crippen molar-refractivity contribution in [3.05, 3.63) is 54.1 Å². The Morgan fingerprint density at radius 3 is 2.44 bits per heavy atom. The Labute approximate surface area is 199 Å². The third-order valence-corrected chi connectivity index (χ3v) is 7.14. The van der Waals surface area contributed by atoms with Crippen molar-refractivity contribution in [3.63, 3.8) is 0 Å². The van der Waals surface area contributed by atoms with Gasteiger partial charge in [0.05, 0.1) is 18.0 Å². The number of sulfonamides is 1. The number of carboxylic acids is 1. The van der Waals surface area contributed by atoms with Crippen LogP contribution in [0.3, 0.4) is 0 Å². The zero-order chi connectivity index (χ0) is 24.9. The SMILES string of the molecule is CC#CCOc1ccc(S(=O)(=O)N2Cc3ccccc3N(C(=O)CN(C)C)CC2C(=O)O)cc1. The number of hydrogen-bond donors (Lipinski definition) is 1. The second-order valence-electron chi connectivity index (χ2n) is 7.96. The summed E-state index contributed by atoms with van der Waals surface area (Å²) in [5.41, 5.74) is 1.04. The van der Waals surface area contributed by atoms with E-state index in [-0.39, 0.29) is 37.0 Å². The second kappa shape index (κ2) is 10.7. The lowest BCUT2D eigenvalue weighted by Gasteiger charge is -2.29. The predicted octanol–water partition coefficient (Wildman–Crippen LogP) is 1.64. The maximum atomic E-state index is 13.6. The molecule has 0 aliphatic carbocycles. The lowest BCUT2D eigenvalue weighted by molar-refractivity contribution is -0.141. The van der Waals surface area contributed by atoms with Gasteiger partial charge in [-0.2, -0.15) is 4.31 Å². The molecule has 0 radical (unpaired) electrons. The minimum Gasteiger partial charge on any atom is -0.481 e. The molecule has 1 aliphatic rings. The highest BCUT2D eigenvalue weighted by Gasteiger charge is 2.41. The number of nitrogens with zero attached hydrogens (tertiary/aromatic N) is 3. The summed E-state index contributed by atoms with van der Waals surface area (Å²) in [6.45, 7) is 1.41. The summed E-state index contributed by atoms with van der Waals surface area (Å²) in [6, 6.07) is 11.1. The standard InChI is InChI=1S/C24H27N3O6S/c1-4-5-14-33-19-10-12-20(13-11-19)34(31,32)27-15-18-8-6-7-9-21(18)26(16-22(27)24(29)30)23(28)17-25(2)3/h6-13,22H,14-17H2,1-3H3,(H,29,30). The average Bonchev–Trinajstić information content (AvgIpc) is 2.97. The fourth-order valence-corrected chi connectivity index (χ4v) is 5.18.